The van der Waals surface area contributed by atoms with Crippen molar-refractivity contribution in [3.63, 3.8) is 0 Å². The van der Waals surface area contributed by atoms with E-state index < -0.39 is 0 Å². The molecule has 25 heavy (non-hydrogen) atoms. The van der Waals surface area contributed by atoms with E-state index in [1.165, 1.54) is 0 Å². The van der Waals surface area contributed by atoms with Crippen molar-refractivity contribution in [3.8, 4) is 16.9 Å². The minimum atomic E-state index is -0.106. The minimum Gasteiger partial charge on any atom is -0.349 e. The lowest BCUT2D eigenvalue weighted by Crippen LogP contribution is -2.25. The third-order valence-electron chi connectivity index (χ3n) is 3.99. The molecule has 2 aromatic heterocycles. The summed E-state index contributed by atoms with van der Waals surface area (Å²) in [6.45, 7) is 1.80. The molecule has 1 aliphatic rings. The van der Waals surface area contributed by atoms with Gasteiger partial charge in [-0.1, -0.05) is 11.6 Å². The van der Waals surface area contributed by atoms with Gasteiger partial charge in [0, 0.05) is 23.4 Å². The van der Waals surface area contributed by atoms with Crippen molar-refractivity contribution in [2.45, 2.75) is 25.8 Å². The van der Waals surface area contributed by atoms with Gasteiger partial charge in [0.05, 0.1) is 16.4 Å². The van der Waals surface area contributed by atoms with E-state index in [1.54, 1.807) is 29.9 Å². The molecular formula is C17H15ClN6O. The molecule has 1 N–H and O–H groups in total. The Morgan fingerprint density at radius 3 is 2.76 bits per heavy atom. The van der Waals surface area contributed by atoms with Gasteiger partial charge in [0.15, 0.2) is 5.82 Å². The first-order chi connectivity index (χ1) is 12.1. The first kappa shape index (κ1) is 15.7. The van der Waals surface area contributed by atoms with Gasteiger partial charge in [0.2, 0.25) is 0 Å². The average Bonchev–Trinajstić information content (AvgIpc) is 3.32. The number of hydrogen-bond donors (Lipinski definition) is 1. The molecule has 0 atom stereocenters. The number of benzene rings is 1. The van der Waals surface area contributed by atoms with Crippen LogP contribution < -0.4 is 5.32 Å². The Labute approximate surface area is 149 Å². The summed E-state index contributed by atoms with van der Waals surface area (Å²) in [6.07, 6.45) is 3.64. The molecule has 0 bridgehead atoms. The van der Waals surface area contributed by atoms with E-state index in [0.717, 1.165) is 24.1 Å². The molecular weight excluding hydrogens is 340 g/mol. The average molecular weight is 355 g/mol. The van der Waals surface area contributed by atoms with Gasteiger partial charge >= 0.3 is 0 Å². The Hall–Kier alpha value is -2.80. The molecule has 3 aromatic rings. The molecule has 0 spiro atoms. The first-order valence-electron chi connectivity index (χ1n) is 7.93. The highest BCUT2D eigenvalue weighted by Crippen LogP contribution is 2.25. The monoisotopic (exact) mass is 354 g/mol. The predicted octanol–water partition coefficient (Wildman–Crippen LogP) is 2.58. The first-order valence-corrected chi connectivity index (χ1v) is 8.31. The van der Waals surface area contributed by atoms with Gasteiger partial charge in [0.1, 0.15) is 0 Å². The van der Waals surface area contributed by atoms with Crippen LogP contribution in [0, 0.1) is 6.92 Å². The summed E-state index contributed by atoms with van der Waals surface area (Å²) in [6, 6.07) is 9.35. The number of aromatic nitrogens is 5. The predicted molar refractivity (Wildman–Crippen MR) is 92.6 cm³/mol. The summed E-state index contributed by atoms with van der Waals surface area (Å²) >= 11 is 5.92. The van der Waals surface area contributed by atoms with Crippen LogP contribution >= 0.6 is 11.6 Å². The molecule has 0 aliphatic heterocycles. The number of rotatable bonds is 4. The number of hydrogen-bond acceptors (Lipinski definition) is 5. The summed E-state index contributed by atoms with van der Waals surface area (Å²) in [7, 11) is 0. The molecule has 0 radical (unpaired) electrons. The quantitative estimate of drug-likeness (QED) is 0.778. The molecule has 2 heterocycles. The number of halogens is 1. The summed E-state index contributed by atoms with van der Waals surface area (Å²) in [5.41, 5.74) is 2.77. The Balaban J connectivity index is 1.80. The van der Waals surface area contributed by atoms with Crippen LogP contribution in [0.5, 0.6) is 0 Å². The van der Waals surface area contributed by atoms with E-state index in [0.29, 0.717) is 22.1 Å². The van der Waals surface area contributed by atoms with E-state index in [2.05, 4.69) is 25.8 Å². The highest BCUT2D eigenvalue weighted by molar-refractivity contribution is 6.30. The zero-order valence-corrected chi connectivity index (χ0v) is 14.2. The zero-order chi connectivity index (χ0) is 17.4. The number of aryl methyl sites for hydroxylation is 1. The number of pyridine rings is 1. The second-order valence-corrected chi connectivity index (χ2v) is 6.45. The largest absolute Gasteiger partial charge is 0.349 e. The Morgan fingerprint density at radius 1 is 1.28 bits per heavy atom. The molecule has 1 saturated carbocycles. The van der Waals surface area contributed by atoms with Crippen LogP contribution in [0.3, 0.4) is 0 Å². The van der Waals surface area contributed by atoms with Gasteiger partial charge in [-0.2, -0.15) is 4.68 Å². The molecule has 8 heteroatoms. The SMILES string of the molecule is Cc1nnnn1-c1cc(C(=O)NC2CC2)cc(-c2ccc(Cl)cn2)c1. The van der Waals surface area contributed by atoms with Crippen molar-refractivity contribution in [1.29, 1.82) is 0 Å². The Morgan fingerprint density at radius 2 is 2.12 bits per heavy atom. The number of nitrogens with one attached hydrogen (secondary N) is 1. The molecule has 126 valence electrons. The molecule has 4 rings (SSSR count). The molecule has 0 unspecified atom stereocenters. The molecule has 7 nitrogen and oxygen atoms in total. The Kier molecular flexibility index (Phi) is 3.93. The van der Waals surface area contributed by atoms with Gasteiger partial charge in [-0.15, -0.1) is 5.10 Å². The summed E-state index contributed by atoms with van der Waals surface area (Å²) in [4.78, 5) is 16.9. The Bertz CT molecular complexity index is 933. The van der Waals surface area contributed by atoms with Crippen LogP contribution in [0.25, 0.3) is 16.9 Å². The topological polar surface area (TPSA) is 85.6 Å². The van der Waals surface area contributed by atoms with Crippen molar-refractivity contribution >= 4 is 17.5 Å². The van der Waals surface area contributed by atoms with Crippen molar-refractivity contribution in [2.75, 3.05) is 0 Å². The molecule has 1 aliphatic carbocycles. The van der Waals surface area contributed by atoms with Crippen molar-refractivity contribution in [3.05, 3.63) is 52.9 Å². The standard InChI is InChI=1S/C17H15ClN6O/c1-10-21-22-23-24(10)15-7-11(16-5-2-13(18)9-19-16)6-12(8-15)17(25)20-14-3-4-14/h2,5-9,14H,3-4H2,1H3,(H,20,25). The lowest BCUT2D eigenvalue weighted by atomic mass is 10.1. The van der Waals surface area contributed by atoms with Gasteiger partial charge in [-0.05, 0) is 60.5 Å². The fourth-order valence-corrected chi connectivity index (χ4v) is 2.64. The maximum atomic E-state index is 12.5. The smallest absolute Gasteiger partial charge is 0.251 e. The lowest BCUT2D eigenvalue weighted by Gasteiger charge is -2.10. The van der Waals surface area contributed by atoms with E-state index >= 15 is 0 Å². The van der Waals surface area contributed by atoms with E-state index in [4.69, 9.17) is 11.6 Å². The van der Waals surface area contributed by atoms with Gasteiger partial charge in [-0.25, -0.2) is 0 Å². The molecule has 1 amide bonds. The van der Waals surface area contributed by atoms with Gasteiger partial charge < -0.3 is 5.32 Å². The van der Waals surface area contributed by atoms with Gasteiger partial charge in [0.25, 0.3) is 5.91 Å². The maximum Gasteiger partial charge on any atom is 0.251 e. The second-order valence-electron chi connectivity index (χ2n) is 6.02. The normalized spacial score (nSPS) is 13.7. The number of tetrazole rings is 1. The van der Waals surface area contributed by atoms with Crippen molar-refractivity contribution in [2.24, 2.45) is 0 Å². The van der Waals surface area contributed by atoms with Crippen LogP contribution in [-0.4, -0.2) is 37.1 Å². The number of amides is 1. The van der Waals surface area contributed by atoms with Crippen LogP contribution in [0.4, 0.5) is 0 Å². The summed E-state index contributed by atoms with van der Waals surface area (Å²) in [5.74, 6) is 0.528. The van der Waals surface area contributed by atoms with Gasteiger partial charge in [-0.3, -0.25) is 9.78 Å². The molecule has 0 saturated heterocycles. The van der Waals surface area contributed by atoms with Crippen molar-refractivity contribution < 1.29 is 4.79 Å². The summed E-state index contributed by atoms with van der Waals surface area (Å²) < 4.78 is 1.59. The number of nitrogens with zero attached hydrogens (tertiary/aromatic N) is 5. The van der Waals surface area contributed by atoms with Crippen LogP contribution in [-0.2, 0) is 0 Å². The molecule has 1 aromatic carbocycles. The molecule has 1 fully saturated rings. The maximum absolute atomic E-state index is 12.5. The number of carbonyl (C=O) groups is 1. The zero-order valence-electron chi connectivity index (χ0n) is 13.5. The van der Waals surface area contributed by atoms with Crippen LogP contribution in [0.1, 0.15) is 29.0 Å². The third kappa shape index (κ3) is 3.36. The fourth-order valence-electron chi connectivity index (χ4n) is 2.53. The van der Waals surface area contributed by atoms with E-state index in [-0.39, 0.29) is 11.9 Å². The second kappa shape index (κ2) is 6.25. The highest BCUT2D eigenvalue weighted by atomic mass is 35.5. The van der Waals surface area contributed by atoms with E-state index in [1.807, 2.05) is 18.2 Å². The van der Waals surface area contributed by atoms with Crippen LogP contribution in [0.2, 0.25) is 5.02 Å². The lowest BCUT2D eigenvalue weighted by molar-refractivity contribution is 0.0951. The van der Waals surface area contributed by atoms with Crippen LogP contribution in [0.15, 0.2) is 36.5 Å². The third-order valence-corrected chi connectivity index (χ3v) is 4.21. The summed E-state index contributed by atoms with van der Waals surface area (Å²) in [5, 5.41) is 15.1. The van der Waals surface area contributed by atoms with Crippen molar-refractivity contribution in [1.82, 2.24) is 30.5 Å². The fraction of sp³-hybridized carbons (Fsp3) is 0.235. The van der Waals surface area contributed by atoms with E-state index in [9.17, 15) is 4.79 Å². The number of carbonyl (C=O) groups excluding carboxylic acids is 1. The highest BCUT2D eigenvalue weighted by Gasteiger charge is 2.24. The minimum absolute atomic E-state index is 0.106.